The number of ether oxygens (including phenoxy) is 1. The fourth-order valence-corrected chi connectivity index (χ4v) is 3.67. The van der Waals surface area contributed by atoms with Crippen LogP contribution in [0.25, 0.3) is 0 Å². The lowest BCUT2D eigenvalue weighted by molar-refractivity contribution is 0.0786. The summed E-state index contributed by atoms with van der Waals surface area (Å²) >= 11 is 6.34. The smallest absolute Gasteiger partial charge is 0.326 e. The number of hydrogen-bond acceptors (Lipinski definition) is 3. The number of nitrogens with one attached hydrogen (secondary N) is 1. The molecule has 0 bridgehead atoms. The standard InChI is InChI=1S/C24H21ClF2N2O3/c1-24(2,31)15-7-6-14-12-29(23(30)28-21(14)10-15)22-11-16(8-9-18(22)25)32-13-17-19(26)4-3-5-20(17)27/h3-11,31H,12-13H2,1-2H3,(H,28,30). The summed E-state index contributed by atoms with van der Waals surface area (Å²) in [7, 11) is 0. The number of fused-ring (bicyclic) bond motifs is 1. The van der Waals surface area contributed by atoms with E-state index >= 15 is 0 Å². The van der Waals surface area contributed by atoms with Gasteiger partial charge in [-0.1, -0.05) is 29.8 Å². The lowest BCUT2D eigenvalue weighted by Crippen LogP contribution is -2.39. The van der Waals surface area contributed by atoms with Crippen molar-refractivity contribution in [1.82, 2.24) is 0 Å². The summed E-state index contributed by atoms with van der Waals surface area (Å²) in [5.41, 5.74) is 1.31. The third kappa shape index (κ3) is 4.40. The van der Waals surface area contributed by atoms with E-state index in [-0.39, 0.29) is 18.7 Å². The summed E-state index contributed by atoms with van der Waals surface area (Å²) in [5.74, 6) is -1.09. The molecule has 0 radical (unpaired) electrons. The first-order valence-corrected chi connectivity index (χ1v) is 10.3. The fourth-order valence-electron chi connectivity index (χ4n) is 3.45. The van der Waals surface area contributed by atoms with E-state index < -0.39 is 23.3 Å². The molecule has 0 saturated heterocycles. The summed E-state index contributed by atoms with van der Waals surface area (Å²) in [6.07, 6.45) is 0. The molecule has 8 heteroatoms. The van der Waals surface area contributed by atoms with Crippen LogP contribution in [0, 0.1) is 11.6 Å². The first-order chi connectivity index (χ1) is 15.1. The fraction of sp³-hybridized carbons (Fsp3) is 0.208. The molecular weight excluding hydrogens is 438 g/mol. The number of carbonyl (C=O) groups is 1. The van der Waals surface area contributed by atoms with Crippen molar-refractivity contribution in [3.05, 3.63) is 87.9 Å². The highest BCUT2D eigenvalue weighted by atomic mass is 35.5. The number of halogens is 3. The molecule has 0 aliphatic carbocycles. The van der Waals surface area contributed by atoms with Gasteiger partial charge in [-0.2, -0.15) is 0 Å². The van der Waals surface area contributed by atoms with Crippen molar-refractivity contribution in [3.8, 4) is 5.75 Å². The summed E-state index contributed by atoms with van der Waals surface area (Å²) in [6.45, 7) is 3.28. The molecular formula is C24H21ClF2N2O3. The molecule has 1 aliphatic rings. The van der Waals surface area contributed by atoms with Crippen LogP contribution in [-0.4, -0.2) is 11.1 Å². The highest BCUT2D eigenvalue weighted by Gasteiger charge is 2.27. The lowest BCUT2D eigenvalue weighted by atomic mass is 9.95. The minimum Gasteiger partial charge on any atom is -0.489 e. The Kier molecular flexibility index (Phi) is 5.79. The Balaban J connectivity index is 1.58. The monoisotopic (exact) mass is 458 g/mol. The lowest BCUT2D eigenvalue weighted by Gasteiger charge is -2.31. The van der Waals surface area contributed by atoms with Gasteiger partial charge in [0.05, 0.1) is 28.4 Å². The maximum Gasteiger partial charge on any atom is 0.326 e. The van der Waals surface area contributed by atoms with E-state index in [0.717, 1.165) is 17.7 Å². The molecule has 0 aromatic heterocycles. The summed E-state index contributed by atoms with van der Waals surface area (Å²) in [4.78, 5) is 14.3. The molecule has 3 aromatic rings. The van der Waals surface area contributed by atoms with Crippen molar-refractivity contribution in [2.24, 2.45) is 0 Å². The van der Waals surface area contributed by atoms with Crippen molar-refractivity contribution in [2.45, 2.75) is 32.6 Å². The molecule has 32 heavy (non-hydrogen) atoms. The third-order valence-electron chi connectivity index (χ3n) is 5.28. The Morgan fingerprint density at radius 2 is 1.84 bits per heavy atom. The minimum atomic E-state index is -1.04. The van der Waals surface area contributed by atoms with Crippen LogP contribution >= 0.6 is 11.6 Å². The molecule has 4 rings (SSSR count). The van der Waals surface area contributed by atoms with Crippen molar-refractivity contribution in [3.63, 3.8) is 0 Å². The molecule has 1 aliphatic heterocycles. The first-order valence-electron chi connectivity index (χ1n) is 9.93. The van der Waals surface area contributed by atoms with Crippen molar-refractivity contribution in [1.29, 1.82) is 0 Å². The van der Waals surface area contributed by atoms with Gasteiger partial charge >= 0.3 is 6.03 Å². The van der Waals surface area contributed by atoms with Crippen LogP contribution in [0.15, 0.2) is 54.6 Å². The number of anilines is 2. The summed E-state index contributed by atoms with van der Waals surface area (Å²) in [5, 5.41) is 13.4. The molecule has 0 saturated carbocycles. The Morgan fingerprint density at radius 3 is 2.53 bits per heavy atom. The van der Waals surface area contributed by atoms with Crippen LogP contribution < -0.4 is 15.0 Å². The second-order valence-corrected chi connectivity index (χ2v) is 8.46. The minimum absolute atomic E-state index is 0.184. The number of rotatable bonds is 5. The number of amides is 2. The van der Waals surface area contributed by atoms with Gasteiger partial charge in [0.2, 0.25) is 0 Å². The molecule has 3 aromatic carbocycles. The molecule has 1 heterocycles. The van der Waals surface area contributed by atoms with Gasteiger partial charge in [-0.05, 0) is 55.3 Å². The zero-order valence-electron chi connectivity index (χ0n) is 17.5. The highest BCUT2D eigenvalue weighted by Crippen LogP contribution is 2.36. The topological polar surface area (TPSA) is 61.8 Å². The second kappa shape index (κ2) is 8.41. The molecule has 2 N–H and O–H groups in total. The van der Waals surface area contributed by atoms with E-state index in [0.29, 0.717) is 27.7 Å². The maximum atomic E-state index is 13.9. The van der Waals surface area contributed by atoms with Gasteiger partial charge in [0, 0.05) is 11.8 Å². The first kappa shape index (κ1) is 22.0. The highest BCUT2D eigenvalue weighted by molar-refractivity contribution is 6.34. The van der Waals surface area contributed by atoms with Crippen LogP contribution in [-0.2, 0) is 18.8 Å². The Hall–Kier alpha value is -3.16. The number of carbonyl (C=O) groups excluding carboxylic acids is 1. The average molecular weight is 459 g/mol. The van der Waals surface area contributed by atoms with Gasteiger partial charge in [0.1, 0.15) is 24.0 Å². The third-order valence-corrected chi connectivity index (χ3v) is 5.60. The van der Waals surface area contributed by atoms with E-state index in [4.69, 9.17) is 16.3 Å². The number of aliphatic hydroxyl groups is 1. The van der Waals surface area contributed by atoms with Gasteiger partial charge < -0.3 is 15.2 Å². The van der Waals surface area contributed by atoms with Gasteiger partial charge in [0.15, 0.2) is 0 Å². The zero-order chi connectivity index (χ0) is 23.0. The van der Waals surface area contributed by atoms with Gasteiger partial charge in [-0.15, -0.1) is 0 Å². The van der Waals surface area contributed by atoms with Crippen LogP contribution in [0.4, 0.5) is 25.0 Å². The average Bonchev–Trinajstić information content (AvgIpc) is 2.73. The molecule has 5 nitrogen and oxygen atoms in total. The molecule has 0 spiro atoms. The predicted molar refractivity (Wildman–Crippen MR) is 119 cm³/mol. The predicted octanol–water partition coefficient (Wildman–Crippen LogP) is 5.98. The number of nitrogens with zero attached hydrogens (tertiary/aromatic N) is 1. The second-order valence-electron chi connectivity index (χ2n) is 8.05. The largest absolute Gasteiger partial charge is 0.489 e. The number of hydrogen-bond donors (Lipinski definition) is 2. The van der Waals surface area contributed by atoms with Gasteiger partial charge in [-0.25, -0.2) is 13.6 Å². The normalized spacial score (nSPS) is 13.6. The van der Waals surface area contributed by atoms with Gasteiger partial charge in [-0.3, -0.25) is 4.90 Å². The van der Waals surface area contributed by atoms with Crippen molar-refractivity contribution < 1.29 is 23.4 Å². The van der Waals surface area contributed by atoms with Crippen LogP contribution in [0.2, 0.25) is 5.02 Å². The Labute approximate surface area is 189 Å². The summed E-state index contributed by atoms with van der Waals surface area (Å²) < 4.78 is 33.3. The van der Waals surface area contributed by atoms with Crippen molar-refractivity contribution in [2.75, 3.05) is 10.2 Å². The van der Waals surface area contributed by atoms with Crippen molar-refractivity contribution >= 4 is 29.0 Å². The van der Waals surface area contributed by atoms with E-state index in [9.17, 15) is 18.7 Å². The molecule has 0 atom stereocenters. The van der Waals surface area contributed by atoms with Crippen LogP contribution in [0.1, 0.15) is 30.5 Å². The van der Waals surface area contributed by atoms with Gasteiger partial charge in [0.25, 0.3) is 0 Å². The molecule has 2 amide bonds. The quantitative estimate of drug-likeness (QED) is 0.494. The van der Waals surface area contributed by atoms with Crippen LogP contribution in [0.5, 0.6) is 5.75 Å². The molecule has 0 fully saturated rings. The molecule has 166 valence electrons. The number of urea groups is 1. The SMILES string of the molecule is CC(C)(O)c1ccc2c(c1)NC(=O)N(c1cc(OCc3c(F)cccc3F)ccc1Cl)C2. The number of benzene rings is 3. The van der Waals surface area contributed by atoms with E-state index in [1.165, 1.54) is 11.0 Å². The van der Waals surface area contributed by atoms with E-state index in [2.05, 4.69) is 5.32 Å². The zero-order valence-corrected chi connectivity index (χ0v) is 18.2. The van der Waals surface area contributed by atoms with Crippen LogP contribution in [0.3, 0.4) is 0 Å². The Morgan fingerprint density at radius 1 is 1.12 bits per heavy atom. The maximum absolute atomic E-state index is 13.9. The van der Waals surface area contributed by atoms with E-state index in [1.54, 1.807) is 44.2 Å². The Bertz CT molecular complexity index is 1170. The molecule has 0 unspecified atom stereocenters. The summed E-state index contributed by atoms with van der Waals surface area (Å²) in [6, 6.07) is 13.3. The van der Waals surface area contributed by atoms with E-state index in [1.807, 2.05) is 6.07 Å².